The van der Waals surface area contributed by atoms with Crippen LogP contribution in [0.15, 0.2) is 21.2 Å². The van der Waals surface area contributed by atoms with Crippen molar-refractivity contribution >= 4 is 11.7 Å². The van der Waals surface area contributed by atoms with Gasteiger partial charge in [-0.1, -0.05) is 12.1 Å². The Labute approximate surface area is 147 Å². The van der Waals surface area contributed by atoms with Gasteiger partial charge in [-0.05, 0) is 20.4 Å². The molecule has 0 unspecified atom stereocenters. The molecule has 1 fully saturated rings. The maximum absolute atomic E-state index is 12.1. The number of hydrogen-bond acceptors (Lipinski definition) is 7. The first kappa shape index (κ1) is 17.6. The number of hydrogen-bond donors (Lipinski definition) is 1. The Morgan fingerprint density at radius 2 is 2.36 bits per heavy atom. The highest BCUT2D eigenvalue weighted by Gasteiger charge is 2.27. The first-order valence-corrected chi connectivity index (χ1v) is 8.63. The number of likely N-dealkylation sites (tertiary alicyclic amines) is 1. The zero-order valence-corrected chi connectivity index (χ0v) is 15.0. The van der Waals surface area contributed by atoms with Crippen LogP contribution in [0.5, 0.6) is 0 Å². The molecule has 1 aliphatic heterocycles. The Hall–Kier alpha value is -2.19. The van der Waals surface area contributed by atoms with Gasteiger partial charge in [0.15, 0.2) is 5.82 Å². The quantitative estimate of drug-likeness (QED) is 0.815. The van der Waals surface area contributed by atoms with E-state index in [0.717, 1.165) is 37.6 Å². The van der Waals surface area contributed by atoms with Crippen molar-refractivity contribution in [1.82, 2.24) is 19.9 Å². The number of oxazole rings is 1. The van der Waals surface area contributed by atoms with E-state index in [4.69, 9.17) is 8.94 Å². The fourth-order valence-electron chi connectivity index (χ4n) is 3.05. The minimum absolute atomic E-state index is 0.0723. The number of aromatic nitrogens is 2. The van der Waals surface area contributed by atoms with Crippen LogP contribution < -0.4 is 5.32 Å². The molecule has 0 aliphatic carbocycles. The molecule has 0 spiro atoms. The van der Waals surface area contributed by atoms with Crippen molar-refractivity contribution in [3.05, 3.63) is 29.7 Å². The van der Waals surface area contributed by atoms with Gasteiger partial charge in [-0.3, -0.25) is 14.6 Å². The Bertz CT molecular complexity index is 711. The lowest BCUT2D eigenvalue weighted by atomic mass is 10.2. The summed E-state index contributed by atoms with van der Waals surface area (Å²) < 4.78 is 10.6. The van der Waals surface area contributed by atoms with Gasteiger partial charge in [0.05, 0.1) is 19.3 Å². The number of amides is 1. The first-order valence-electron chi connectivity index (χ1n) is 8.63. The lowest BCUT2D eigenvalue weighted by Gasteiger charge is -2.23. The molecule has 1 aliphatic rings. The molecule has 1 saturated heterocycles. The summed E-state index contributed by atoms with van der Waals surface area (Å²) in [5.41, 5.74) is 0. The second-order valence-electron chi connectivity index (χ2n) is 6.54. The van der Waals surface area contributed by atoms with E-state index in [1.54, 1.807) is 19.2 Å². The normalized spacial score (nSPS) is 18.2. The van der Waals surface area contributed by atoms with Crippen molar-refractivity contribution in [1.29, 1.82) is 0 Å². The van der Waals surface area contributed by atoms with Gasteiger partial charge < -0.3 is 14.3 Å². The molecule has 1 N–H and O–H groups in total. The zero-order chi connectivity index (χ0) is 17.8. The van der Waals surface area contributed by atoms with Crippen LogP contribution >= 0.6 is 0 Å². The fraction of sp³-hybridized carbons (Fsp3) is 0.588. The van der Waals surface area contributed by atoms with Gasteiger partial charge in [0.1, 0.15) is 11.5 Å². The minimum atomic E-state index is -0.0723. The molecule has 25 heavy (non-hydrogen) atoms. The minimum Gasteiger partial charge on any atom is -0.444 e. The second-order valence-corrected chi connectivity index (χ2v) is 6.54. The number of carbonyl (C=O) groups excluding carboxylic acids is 1. The van der Waals surface area contributed by atoms with Crippen molar-refractivity contribution in [2.75, 3.05) is 32.0 Å². The highest BCUT2D eigenvalue weighted by Crippen LogP contribution is 2.17. The molecular weight excluding hydrogens is 322 g/mol. The van der Waals surface area contributed by atoms with Crippen molar-refractivity contribution < 1.29 is 13.7 Å². The molecule has 3 heterocycles. The van der Waals surface area contributed by atoms with Gasteiger partial charge in [-0.2, -0.15) is 0 Å². The van der Waals surface area contributed by atoms with Gasteiger partial charge in [0.2, 0.25) is 11.8 Å². The number of nitrogens with zero attached hydrogens (tertiary/aromatic N) is 4. The lowest BCUT2D eigenvalue weighted by molar-refractivity contribution is -0.117. The summed E-state index contributed by atoms with van der Waals surface area (Å²) in [4.78, 5) is 20.8. The average molecular weight is 347 g/mol. The third-order valence-corrected chi connectivity index (χ3v) is 4.47. The highest BCUT2D eigenvalue weighted by atomic mass is 16.5. The summed E-state index contributed by atoms with van der Waals surface area (Å²) in [6, 6.07) is 2.10. The molecular formula is C17H25N5O3. The number of aryl methyl sites for hydroxylation is 2. The van der Waals surface area contributed by atoms with E-state index in [2.05, 4.69) is 32.3 Å². The maximum Gasteiger partial charge on any atom is 0.239 e. The molecule has 136 valence electrons. The smallest absolute Gasteiger partial charge is 0.239 e. The summed E-state index contributed by atoms with van der Waals surface area (Å²) in [5, 5.41) is 6.54. The predicted octanol–water partition coefficient (Wildman–Crippen LogP) is 1.68. The van der Waals surface area contributed by atoms with E-state index >= 15 is 0 Å². The zero-order valence-electron chi connectivity index (χ0n) is 15.0. The molecule has 2 aromatic rings. The molecule has 0 bridgehead atoms. The van der Waals surface area contributed by atoms with Crippen molar-refractivity contribution in [3.8, 4) is 0 Å². The SMILES string of the molecule is CCc1cnc(CN(C)[C@H]2CCN(CC(=O)Nc3cc(C)on3)C2)o1. The molecule has 8 heteroatoms. The lowest BCUT2D eigenvalue weighted by Crippen LogP contribution is -2.37. The number of carbonyl (C=O) groups is 1. The monoisotopic (exact) mass is 347 g/mol. The topological polar surface area (TPSA) is 87.6 Å². The molecule has 1 atom stereocenters. The third kappa shape index (κ3) is 4.67. The molecule has 2 aromatic heterocycles. The first-order chi connectivity index (χ1) is 12.0. The van der Waals surface area contributed by atoms with E-state index in [0.29, 0.717) is 30.7 Å². The Balaban J connectivity index is 1.45. The van der Waals surface area contributed by atoms with Crippen LogP contribution in [0.25, 0.3) is 0 Å². The Morgan fingerprint density at radius 3 is 3.04 bits per heavy atom. The summed E-state index contributed by atoms with van der Waals surface area (Å²) in [6.07, 6.45) is 3.67. The van der Waals surface area contributed by atoms with Gasteiger partial charge >= 0.3 is 0 Å². The molecule has 8 nitrogen and oxygen atoms in total. The Kier molecular flexibility index (Phi) is 5.50. The molecule has 0 saturated carbocycles. The van der Waals surface area contributed by atoms with Gasteiger partial charge in [-0.25, -0.2) is 4.98 Å². The largest absolute Gasteiger partial charge is 0.444 e. The van der Waals surface area contributed by atoms with E-state index < -0.39 is 0 Å². The Morgan fingerprint density at radius 1 is 1.52 bits per heavy atom. The number of likely N-dealkylation sites (N-methyl/N-ethyl adjacent to an activating group) is 1. The molecule has 0 aromatic carbocycles. The van der Waals surface area contributed by atoms with Gasteiger partial charge in [0.25, 0.3) is 0 Å². The van der Waals surface area contributed by atoms with Crippen LogP contribution in [-0.2, 0) is 17.8 Å². The van der Waals surface area contributed by atoms with Crippen LogP contribution in [0.4, 0.5) is 5.82 Å². The second kappa shape index (κ2) is 7.79. The van der Waals surface area contributed by atoms with Gasteiger partial charge in [-0.15, -0.1) is 0 Å². The standard InChI is InChI=1S/C17H25N5O3/c1-4-14-8-18-17(24-14)11-21(3)13-5-6-22(9-13)10-16(23)19-15-7-12(2)25-20-15/h7-8,13H,4-6,9-11H2,1-3H3,(H,19,20,23)/t13-/m0/s1. The summed E-state index contributed by atoms with van der Waals surface area (Å²) in [5.74, 6) is 2.73. The molecule has 3 rings (SSSR count). The molecule has 1 amide bonds. The van der Waals surface area contributed by atoms with Crippen LogP contribution in [0.1, 0.15) is 30.8 Å². The fourth-order valence-corrected chi connectivity index (χ4v) is 3.05. The van der Waals surface area contributed by atoms with Crippen molar-refractivity contribution in [3.63, 3.8) is 0 Å². The van der Waals surface area contributed by atoms with Crippen LogP contribution in [0.2, 0.25) is 0 Å². The van der Waals surface area contributed by atoms with Crippen molar-refractivity contribution in [2.45, 2.75) is 39.3 Å². The number of rotatable bonds is 7. The summed E-state index contributed by atoms with van der Waals surface area (Å²) >= 11 is 0. The summed E-state index contributed by atoms with van der Waals surface area (Å²) in [6.45, 7) is 6.63. The van der Waals surface area contributed by atoms with Crippen LogP contribution in [0.3, 0.4) is 0 Å². The van der Waals surface area contributed by atoms with E-state index in [1.807, 2.05) is 6.92 Å². The third-order valence-electron chi connectivity index (χ3n) is 4.47. The highest BCUT2D eigenvalue weighted by molar-refractivity contribution is 5.91. The van der Waals surface area contributed by atoms with Crippen molar-refractivity contribution in [2.24, 2.45) is 0 Å². The number of nitrogens with one attached hydrogen (secondary N) is 1. The van der Waals surface area contributed by atoms with Gasteiger partial charge in [0, 0.05) is 31.6 Å². The average Bonchev–Trinajstić information content (AvgIpc) is 3.29. The maximum atomic E-state index is 12.1. The molecule has 0 radical (unpaired) electrons. The predicted molar refractivity (Wildman–Crippen MR) is 92.1 cm³/mol. The summed E-state index contributed by atoms with van der Waals surface area (Å²) in [7, 11) is 2.07. The van der Waals surface area contributed by atoms with E-state index in [9.17, 15) is 4.79 Å². The number of anilines is 1. The van der Waals surface area contributed by atoms with E-state index in [-0.39, 0.29) is 5.91 Å². The van der Waals surface area contributed by atoms with Crippen LogP contribution in [-0.4, -0.2) is 58.6 Å². The van der Waals surface area contributed by atoms with E-state index in [1.165, 1.54) is 0 Å². The van der Waals surface area contributed by atoms with Crippen LogP contribution in [0, 0.1) is 6.92 Å².